The van der Waals surface area contributed by atoms with Crippen LogP contribution in [0.3, 0.4) is 0 Å². The van der Waals surface area contributed by atoms with Gasteiger partial charge in [-0.15, -0.1) is 0 Å². The Hall–Kier alpha value is -3.80. The molecule has 0 saturated carbocycles. The lowest BCUT2D eigenvalue weighted by atomic mass is 9.96. The molecule has 2 atom stereocenters. The molecule has 0 aliphatic rings. The topological polar surface area (TPSA) is 98.7 Å². The van der Waals surface area contributed by atoms with E-state index in [1.165, 1.54) is 12.1 Å². The number of nitrogens with one attached hydrogen (secondary N) is 2. The van der Waals surface area contributed by atoms with E-state index >= 15 is 0 Å². The molecule has 0 aliphatic carbocycles. The molecule has 3 aromatic rings. The van der Waals surface area contributed by atoms with Gasteiger partial charge < -0.3 is 20.8 Å². The Labute approximate surface area is 200 Å². The molecule has 0 spiro atoms. The number of anilines is 2. The van der Waals surface area contributed by atoms with Gasteiger partial charge in [-0.25, -0.2) is 0 Å². The molecule has 0 bridgehead atoms. The fourth-order valence-corrected chi connectivity index (χ4v) is 3.63. The second-order valence-electron chi connectivity index (χ2n) is 8.66. The summed E-state index contributed by atoms with van der Waals surface area (Å²) in [6.07, 6.45) is 1.84. The first kappa shape index (κ1) is 24.8. The van der Waals surface area contributed by atoms with E-state index in [0.717, 1.165) is 24.0 Å². The molecule has 34 heavy (non-hydrogen) atoms. The number of amides is 2. The summed E-state index contributed by atoms with van der Waals surface area (Å²) in [5, 5.41) is 26.0. The molecule has 2 unspecified atom stereocenters. The smallest absolute Gasteiger partial charge is 0.259 e. The van der Waals surface area contributed by atoms with Gasteiger partial charge in [0, 0.05) is 11.4 Å². The molecule has 2 amide bonds. The summed E-state index contributed by atoms with van der Waals surface area (Å²) in [5.41, 5.74) is 3.28. The lowest BCUT2D eigenvalue weighted by Gasteiger charge is -2.14. The summed E-state index contributed by atoms with van der Waals surface area (Å²) in [7, 11) is 0. The van der Waals surface area contributed by atoms with Crippen LogP contribution in [0, 0.1) is 0 Å². The maximum atomic E-state index is 12.8. The van der Waals surface area contributed by atoms with Crippen LogP contribution in [-0.4, -0.2) is 22.0 Å². The number of rotatable bonds is 8. The number of carbonyl (C=O) groups is 2. The number of phenolic OH excluding ortho intramolecular Hbond substituents is 2. The lowest BCUT2D eigenvalue weighted by Crippen LogP contribution is -2.15. The van der Waals surface area contributed by atoms with Gasteiger partial charge in [-0.3, -0.25) is 9.59 Å². The molecule has 3 aromatic carbocycles. The van der Waals surface area contributed by atoms with Crippen LogP contribution < -0.4 is 10.6 Å². The van der Waals surface area contributed by atoms with Crippen molar-refractivity contribution in [2.75, 3.05) is 10.6 Å². The molecule has 0 saturated heterocycles. The maximum Gasteiger partial charge on any atom is 0.259 e. The molecule has 0 fully saturated rings. The molecule has 0 heterocycles. The highest BCUT2D eigenvalue weighted by molar-refractivity contribution is 6.08. The van der Waals surface area contributed by atoms with Crippen LogP contribution in [0.5, 0.6) is 11.5 Å². The van der Waals surface area contributed by atoms with Crippen LogP contribution in [0.25, 0.3) is 0 Å². The minimum atomic E-state index is -0.440. The van der Waals surface area contributed by atoms with Gasteiger partial charge in [-0.2, -0.15) is 0 Å². The molecule has 0 aromatic heterocycles. The van der Waals surface area contributed by atoms with Crippen LogP contribution in [0.15, 0.2) is 60.7 Å². The molecule has 6 nitrogen and oxygen atoms in total. The van der Waals surface area contributed by atoms with Gasteiger partial charge in [0.25, 0.3) is 11.8 Å². The highest BCUT2D eigenvalue weighted by Gasteiger charge is 2.16. The first-order chi connectivity index (χ1) is 16.2. The van der Waals surface area contributed by atoms with E-state index < -0.39 is 11.8 Å². The van der Waals surface area contributed by atoms with Gasteiger partial charge in [0.15, 0.2) is 0 Å². The number of phenols is 2. The number of aromatic hydroxyl groups is 2. The SMILES string of the molecule is CCC(C)c1ccc(O)c(C(=O)Nc2cccc(NC(=O)c3cc(C(C)CC)ccc3O)c2)c1. The summed E-state index contributed by atoms with van der Waals surface area (Å²) >= 11 is 0. The second kappa shape index (κ2) is 10.9. The van der Waals surface area contributed by atoms with Crippen LogP contribution >= 0.6 is 0 Å². The molecule has 3 rings (SSSR count). The van der Waals surface area contributed by atoms with Crippen molar-refractivity contribution in [1.82, 2.24) is 0 Å². The maximum absolute atomic E-state index is 12.8. The van der Waals surface area contributed by atoms with Crippen molar-refractivity contribution < 1.29 is 19.8 Å². The van der Waals surface area contributed by atoms with Crippen LogP contribution in [0.2, 0.25) is 0 Å². The van der Waals surface area contributed by atoms with Gasteiger partial charge in [0.05, 0.1) is 11.1 Å². The van der Waals surface area contributed by atoms with Gasteiger partial charge in [0.2, 0.25) is 0 Å². The third-order valence-electron chi connectivity index (χ3n) is 6.27. The zero-order chi connectivity index (χ0) is 24.8. The minimum absolute atomic E-state index is 0.0920. The fraction of sp³-hybridized carbons (Fsp3) is 0.286. The normalized spacial score (nSPS) is 12.6. The molecule has 178 valence electrons. The zero-order valence-corrected chi connectivity index (χ0v) is 20.1. The van der Waals surface area contributed by atoms with Gasteiger partial charge in [-0.05, 0) is 78.3 Å². The van der Waals surface area contributed by atoms with Crippen molar-refractivity contribution in [3.8, 4) is 11.5 Å². The predicted molar refractivity (Wildman–Crippen MR) is 136 cm³/mol. The van der Waals surface area contributed by atoms with E-state index in [0.29, 0.717) is 11.4 Å². The summed E-state index contributed by atoms with van der Waals surface area (Å²) in [6, 6.07) is 16.9. The molecule has 6 heteroatoms. The highest BCUT2D eigenvalue weighted by Crippen LogP contribution is 2.28. The Bertz CT molecular complexity index is 1100. The van der Waals surface area contributed by atoms with Gasteiger partial charge >= 0.3 is 0 Å². The monoisotopic (exact) mass is 460 g/mol. The van der Waals surface area contributed by atoms with E-state index in [1.807, 2.05) is 12.1 Å². The largest absolute Gasteiger partial charge is 0.507 e. The van der Waals surface area contributed by atoms with E-state index in [1.54, 1.807) is 36.4 Å². The third kappa shape index (κ3) is 5.76. The van der Waals surface area contributed by atoms with Gasteiger partial charge in [-0.1, -0.05) is 45.9 Å². The van der Waals surface area contributed by atoms with Crippen molar-refractivity contribution in [2.24, 2.45) is 0 Å². The first-order valence-corrected chi connectivity index (χ1v) is 11.6. The molecule has 4 N–H and O–H groups in total. The Morgan fingerprint density at radius 2 is 1.12 bits per heavy atom. The Balaban J connectivity index is 1.77. The zero-order valence-electron chi connectivity index (χ0n) is 20.1. The molecule has 0 aliphatic heterocycles. The summed E-state index contributed by atoms with van der Waals surface area (Å²) in [5.74, 6) is -0.534. The number of carbonyl (C=O) groups excluding carboxylic acids is 2. The highest BCUT2D eigenvalue weighted by atomic mass is 16.3. The Morgan fingerprint density at radius 3 is 1.50 bits per heavy atom. The van der Waals surface area contributed by atoms with E-state index in [4.69, 9.17) is 0 Å². The quantitative estimate of drug-likeness (QED) is 0.303. The summed E-state index contributed by atoms with van der Waals surface area (Å²) in [4.78, 5) is 25.7. The van der Waals surface area contributed by atoms with Crippen molar-refractivity contribution >= 4 is 23.2 Å². The van der Waals surface area contributed by atoms with Crippen molar-refractivity contribution in [3.05, 3.63) is 82.9 Å². The van der Waals surface area contributed by atoms with Crippen molar-refractivity contribution in [1.29, 1.82) is 0 Å². The number of hydrogen-bond donors (Lipinski definition) is 4. The number of benzene rings is 3. The van der Waals surface area contributed by atoms with E-state index in [9.17, 15) is 19.8 Å². The Kier molecular flexibility index (Phi) is 7.95. The third-order valence-corrected chi connectivity index (χ3v) is 6.27. The van der Waals surface area contributed by atoms with Crippen LogP contribution in [0.1, 0.15) is 84.2 Å². The van der Waals surface area contributed by atoms with Gasteiger partial charge in [0.1, 0.15) is 11.5 Å². The molecular weight excluding hydrogens is 428 g/mol. The minimum Gasteiger partial charge on any atom is -0.507 e. The van der Waals surface area contributed by atoms with Crippen molar-refractivity contribution in [2.45, 2.75) is 52.4 Å². The second-order valence-corrected chi connectivity index (χ2v) is 8.66. The van der Waals surface area contributed by atoms with Crippen molar-refractivity contribution in [3.63, 3.8) is 0 Å². The Morgan fingerprint density at radius 1 is 0.706 bits per heavy atom. The standard InChI is InChI=1S/C28H32N2O4/c1-5-17(3)19-10-12-25(31)23(14-19)27(33)29-21-8-7-9-22(16-21)30-28(34)24-15-20(18(4)6-2)11-13-26(24)32/h7-18,31-32H,5-6H2,1-4H3,(H,29,33)(H,30,34). The first-order valence-electron chi connectivity index (χ1n) is 11.6. The molecular formula is C28H32N2O4. The summed E-state index contributed by atoms with van der Waals surface area (Å²) in [6.45, 7) is 8.27. The van der Waals surface area contributed by atoms with E-state index in [2.05, 4.69) is 38.3 Å². The fourth-order valence-electron chi connectivity index (χ4n) is 3.63. The predicted octanol–water partition coefficient (Wildman–Crippen LogP) is 6.63. The van der Waals surface area contributed by atoms with E-state index in [-0.39, 0.29) is 34.5 Å². The lowest BCUT2D eigenvalue weighted by molar-refractivity contribution is 0.101. The summed E-state index contributed by atoms with van der Waals surface area (Å²) < 4.78 is 0. The molecule has 0 radical (unpaired) electrons. The average Bonchev–Trinajstić information content (AvgIpc) is 2.83. The number of hydrogen-bond acceptors (Lipinski definition) is 4. The average molecular weight is 461 g/mol. The van der Waals surface area contributed by atoms with Crippen LogP contribution in [-0.2, 0) is 0 Å². The van der Waals surface area contributed by atoms with Crippen LogP contribution in [0.4, 0.5) is 11.4 Å².